The molecule has 0 aliphatic carbocycles. The first kappa shape index (κ1) is 15.9. The highest BCUT2D eigenvalue weighted by molar-refractivity contribution is 5.79. The number of carbonyl (C=O) groups excluding carboxylic acids is 2. The van der Waals surface area contributed by atoms with E-state index in [2.05, 4.69) is 5.32 Å². The highest BCUT2D eigenvalue weighted by atomic mass is 16.5. The van der Waals surface area contributed by atoms with Crippen LogP contribution in [-0.2, 0) is 16.1 Å². The molecule has 0 heterocycles. The van der Waals surface area contributed by atoms with E-state index in [1.807, 2.05) is 30.3 Å². The minimum atomic E-state index is -0.957. The number of nitrogens with two attached hydrogens (primary N) is 2. The van der Waals surface area contributed by atoms with Gasteiger partial charge in [-0.25, -0.2) is 4.79 Å². The summed E-state index contributed by atoms with van der Waals surface area (Å²) in [5.41, 5.74) is 11.2. The Bertz CT molecular complexity index is 439. The molecule has 7 nitrogen and oxygen atoms in total. The summed E-state index contributed by atoms with van der Waals surface area (Å²) >= 11 is 0. The second-order valence-corrected chi connectivity index (χ2v) is 4.34. The lowest BCUT2D eigenvalue weighted by molar-refractivity contribution is -0.119. The normalized spacial score (nSPS) is 13.3. The Kier molecular flexibility index (Phi) is 6.48. The van der Waals surface area contributed by atoms with Crippen LogP contribution in [0.15, 0.2) is 30.3 Å². The average molecular weight is 281 g/mol. The number of alkyl carbamates (subject to hydrolysis) is 1. The SMILES string of the molecule is NC(=O)[C@@H](N)C[C@@H](O)CNC(=O)OCc1ccccc1. The Balaban J connectivity index is 2.21. The van der Waals surface area contributed by atoms with Crippen LogP contribution in [-0.4, -0.2) is 35.8 Å². The maximum atomic E-state index is 11.4. The lowest BCUT2D eigenvalue weighted by Gasteiger charge is -2.14. The highest BCUT2D eigenvalue weighted by Crippen LogP contribution is 2.00. The number of aliphatic hydroxyl groups excluding tert-OH is 1. The van der Waals surface area contributed by atoms with Crippen molar-refractivity contribution in [2.24, 2.45) is 11.5 Å². The van der Waals surface area contributed by atoms with Gasteiger partial charge in [-0.1, -0.05) is 30.3 Å². The van der Waals surface area contributed by atoms with Crippen molar-refractivity contribution < 1.29 is 19.4 Å². The minimum absolute atomic E-state index is 0.0195. The largest absolute Gasteiger partial charge is 0.445 e. The van der Waals surface area contributed by atoms with Crippen LogP contribution in [0.5, 0.6) is 0 Å². The summed E-state index contributed by atoms with van der Waals surface area (Å²) in [5.74, 6) is -0.698. The number of amides is 2. The molecule has 0 spiro atoms. The van der Waals surface area contributed by atoms with Gasteiger partial charge < -0.3 is 26.6 Å². The van der Waals surface area contributed by atoms with Crippen molar-refractivity contribution in [1.29, 1.82) is 0 Å². The van der Waals surface area contributed by atoms with Crippen molar-refractivity contribution in [3.63, 3.8) is 0 Å². The predicted octanol–water partition coefficient (Wildman–Crippen LogP) is -0.524. The van der Waals surface area contributed by atoms with E-state index < -0.39 is 24.1 Å². The molecule has 0 radical (unpaired) electrons. The van der Waals surface area contributed by atoms with Crippen molar-refractivity contribution in [3.05, 3.63) is 35.9 Å². The molecule has 110 valence electrons. The minimum Gasteiger partial charge on any atom is -0.445 e. The van der Waals surface area contributed by atoms with Gasteiger partial charge in [-0.2, -0.15) is 0 Å². The molecular formula is C13H19N3O4. The Morgan fingerprint density at radius 3 is 2.55 bits per heavy atom. The van der Waals surface area contributed by atoms with Gasteiger partial charge in [-0.05, 0) is 12.0 Å². The van der Waals surface area contributed by atoms with Gasteiger partial charge >= 0.3 is 6.09 Å². The second kappa shape index (κ2) is 8.13. The molecule has 1 rings (SSSR count). The summed E-state index contributed by atoms with van der Waals surface area (Å²) in [6.45, 7) is 0.0815. The molecule has 7 heteroatoms. The fourth-order valence-electron chi connectivity index (χ4n) is 1.47. The number of primary amides is 1. The topological polar surface area (TPSA) is 128 Å². The first-order valence-corrected chi connectivity index (χ1v) is 6.16. The molecule has 0 aliphatic rings. The van der Waals surface area contributed by atoms with E-state index >= 15 is 0 Å². The molecule has 0 aliphatic heterocycles. The highest BCUT2D eigenvalue weighted by Gasteiger charge is 2.16. The van der Waals surface area contributed by atoms with E-state index in [4.69, 9.17) is 16.2 Å². The summed E-state index contributed by atoms with van der Waals surface area (Å²) in [6, 6.07) is 8.26. The van der Waals surface area contributed by atoms with Gasteiger partial charge in [0.1, 0.15) is 6.61 Å². The summed E-state index contributed by atoms with van der Waals surface area (Å²) in [7, 11) is 0. The van der Waals surface area contributed by atoms with E-state index in [0.29, 0.717) is 0 Å². The molecule has 2 atom stereocenters. The number of hydrogen-bond donors (Lipinski definition) is 4. The molecule has 1 aromatic rings. The molecule has 20 heavy (non-hydrogen) atoms. The summed E-state index contributed by atoms with van der Waals surface area (Å²) < 4.78 is 4.95. The fourth-order valence-corrected chi connectivity index (χ4v) is 1.47. The standard InChI is InChI=1S/C13H19N3O4/c14-11(12(15)18)6-10(17)7-16-13(19)20-8-9-4-2-1-3-5-9/h1-5,10-11,17H,6-8,14H2,(H2,15,18)(H,16,19)/t10-,11+/m1/s1. The summed E-state index contributed by atoms with van der Waals surface area (Å²) in [6.07, 6.45) is -1.63. The number of ether oxygens (including phenoxy) is 1. The van der Waals surface area contributed by atoms with Gasteiger partial charge in [0.15, 0.2) is 0 Å². The first-order valence-electron chi connectivity index (χ1n) is 6.16. The number of benzene rings is 1. The van der Waals surface area contributed by atoms with Gasteiger partial charge in [0, 0.05) is 6.54 Å². The molecule has 0 bridgehead atoms. The van der Waals surface area contributed by atoms with E-state index in [-0.39, 0.29) is 19.6 Å². The van der Waals surface area contributed by atoms with Gasteiger partial charge in [0.25, 0.3) is 0 Å². The van der Waals surface area contributed by atoms with Crippen LogP contribution in [0.4, 0.5) is 4.79 Å². The van der Waals surface area contributed by atoms with Crippen LogP contribution >= 0.6 is 0 Å². The second-order valence-electron chi connectivity index (χ2n) is 4.34. The number of aliphatic hydroxyl groups is 1. The van der Waals surface area contributed by atoms with Crippen LogP contribution in [0.1, 0.15) is 12.0 Å². The third kappa shape index (κ3) is 6.17. The number of nitrogens with one attached hydrogen (secondary N) is 1. The third-order valence-electron chi connectivity index (χ3n) is 2.59. The number of rotatable bonds is 7. The zero-order valence-electron chi connectivity index (χ0n) is 11.0. The maximum absolute atomic E-state index is 11.4. The Morgan fingerprint density at radius 2 is 1.95 bits per heavy atom. The monoisotopic (exact) mass is 281 g/mol. The van der Waals surface area contributed by atoms with Crippen molar-refractivity contribution in [2.45, 2.75) is 25.2 Å². The average Bonchev–Trinajstić information content (AvgIpc) is 2.43. The van der Waals surface area contributed by atoms with Crippen molar-refractivity contribution in [3.8, 4) is 0 Å². The zero-order valence-corrected chi connectivity index (χ0v) is 11.0. The van der Waals surface area contributed by atoms with E-state index in [0.717, 1.165) is 5.56 Å². The number of carbonyl (C=O) groups is 2. The van der Waals surface area contributed by atoms with E-state index in [1.165, 1.54) is 0 Å². The van der Waals surface area contributed by atoms with Crippen LogP contribution in [0.2, 0.25) is 0 Å². The van der Waals surface area contributed by atoms with Gasteiger partial charge in [-0.3, -0.25) is 4.79 Å². The molecule has 0 fully saturated rings. The van der Waals surface area contributed by atoms with Crippen molar-refractivity contribution in [1.82, 2.24) is 5.32 Å². The molecule has 0 aromatic heterocycles. The van der Waals surface area contributed by atoms with Crippen LogP contribution < -0.4 is 16.8 Å². The van der Waals surface area contributed by atoms with Crippen molar-refractivity contribution in [2.75, 3.05) is 6.54 Å². The van der Waals surface area contributed by atoms with Crippen LogP contribution in [0.25, 0.3) is 0 Å². The van der Waals surface area contributed by atoms with E-state index in [9.17, 15) is 14.7 Å². The molecule has 2 amide bonds. The predicted molar refractivity (Wildman–Crippen MR) is 72.4 cm³/mol. The Labute approximate surface area is 116 Å². The smallest absolute Gasteiger partial charge is 0.407 e. The molecule has 1 aromatic carbocycles. The van der Waals surface area contributed by atoms with Crippen LogP contribution in [0, 0.1) is 0 Å². The molecule has 0 unspecified atom stereocenters. The maximum Gasteiger partial charge on any atom is 0.407 e. The quantitative estimate of drug-likeness (QED) is 0.534. The van der Waals surface area contributed by atoms with Crippen molar-refractivity contribution >= 4 is 12.0 Å². The Hall–Kier alpha value is -2.12. The van der Waals surface area contributed by atoms with Gasteiger partial charge in [0.05, 0.1) is 12.1 Å². The fraction of sp³-hybridized carbons (Fsp3) is 0.385. The first-order chi connectivity index (χ1) is 9.49. The Morgan fingerprint density at radius 1 is 1.30 bits per heavy atom. The number of hydrogen-bond acceptors (Lipinski definition) is 5. The zero-order chi connectivity index (χ0) is 15.0. The molecule has 6 N–H and O–H groups in total. The lowest BCUT2D eigenvalue weighted by atomic mass is 10.1. The molecular weight excluding hydrogens is 262 g/mol. The van der Waals surface area contributed by atoms with E-state index in [1.54, 1.807) is 0 Å². The van der Waals surface area contributed by atoms with Crippen LogP contribution in [0.3, 0.4) is 0 Å². The van der Waals surface area contributed by atoms with Gasteiger partial charge in [-0.15, -0.1) is 0 Å². The lowest BCUT2D eigenvalue weighted by Crippen LogP contribution is -2.42. The third-order valence-corrected chi connectivity index (χ3v) is 2.59. The summed E-state index contributed by atoms with van der Waals surface area (Å²) in [4.78, 5) is 22.1. The molecule has 0 saturated heterocycles. The molecule has 0 saturated carbocycles. The van der Waals surface area contributed by atoms with Gasteiger partial charge in [0.2, 0.25) is 5.91 Å². The summed E-state index contributed by atoms with van der Waals surface area (Å²) in [5, 5.41) is 11.9.